The van der Waals surface area contributed by atoms with E-state index in [4.69, 9.17) is 4.74 Å². The van der Waals surface area contributed by atoms with Gasteiger partial charge in [-0.15, -0.1) is 0 Å². The zero-order valence-electron chi connectivity index (χ0n) is 14.7. The second kappa shape index (κ2) is 7.06. The van der Waals surface area contributed by atoms with Crippen LogP contribution in [0.15, 0.2) is 30.3 Å². The second-order valence-corrected chi connectivity index (χ2v) is 7.61. The highest BCUT2D eigenvalue weighted by Crippen LogP contribution is 2.40. The maximum absolute atomic E-state index is 11.9. The van der Waals surface area contributed by atoms with Crippen LogP contribution in [-0.2, 0) is 14.3 Å². The van der Waals surface area contributed by atoms with Gasteiger partial charge in [-0.2, -0.15) is 0 Å². The third kappa shape index (κ3) is 3.86. The van der Waals surface area contributed by atoms with E-state index in [1.807, 2.05) is 6.07 Å². The van der Waals surface area contributed by atoms with E-state index >= 15 is 0 Å². The van der Waals surface area contributed by atoms with Gasteiger partial charge in [0.2, 0.25) is 11.8 Å². The first-order valence-electron chi connectivity index (χ1n) is 8.98. The number of carbonyl (C=O) groups is 2. The summed E-state index contributed by atoms with van der Waals surface area (Å²) in [6.45, 7) is 5.61. The quantitative estimate of drug-likeness (QED) is 0.777. The van der Waals surface area contributed by atoms with Crippen LogP contribution in [0.25, 0.3) is 0 Å². The molecule has 130 valence electrons. The summed E-state index contributed by atoms with van der Waals surface area (Å²) >= 11 is 0. The van der Waals surface area contributed by atoms with Crippen molar-refractivity contribution in [3.63, 3.8) is 0 Å². The molecule has 0 aromatic heterocycles. The van der Waals surface area contributed by atoms with Gasteiger partial charge in [-0.05, 0) is 50.5 Å². The Hall–Kier alpha value is -1.68. The van der Waals surface area contributed by atoms with E-state index in [9.17, 15) is 9.59 Å². The highest BCUT2D eigenvalue weighted by atomic mass is 16.5. The molecular weight excluding hydrogens is 302 g/mol. The van der Waals surface area contributed by atoms with Crippen LogP contribution < -0.4 is 0 Å². The topological polar surface area (TPSA) is 46.6 Å². The Labute approximate surface area is 144 Å². The van der Waals surface area contributed by atoms with Crippen LogP contribution in [0.1, 0.15) is 57.4 Å². The molecule has 0 saturated carbocycles. The number of nitrogens with zero attached hydrogens (tertiary/aromatic N) is 1. The molecule has 2 heterocycles. The molecule has 0 N–H and O–H groups in total. The second-order valence-electron chi connectivity index (χ2n) is 7.61. The molecule has 2 aliphatic rings. The van der Waals surface area contributed by atoms with Crippen molar-refractivity contribution in [2.45, 2.75) is 57.5 Å². The lowest BCUT2D eigenvalue weighted by molar-refractivity contribution is -0.138. The van der Waals surface area contributed by atoms with Crippen molar-refractivity contribution < 1.29 is 14.3 Å². The lowest BCUT2D eigenvalue weighted by Crippen LogP contribution is -2.37. The molecule has 2 unspecified atom stereocenters. The molecule has 2 saturated heterocycles. The van der Waals surface area contributed by atoms with Crippen LogP contribution in [-0.4, -0.2) is 35.5 Å². The minimum absolute atomic E-state index is 0.0147. The molecule has 1 aromatic carbocycles. The Balaban J connectivity index is 1.75. The number of imide groups is 1. The maximum atomic E-state index is 11.9. The highest BCUT2D eigenvalue weighted by molar-refractivity contribution is 6.01. The van der Waals surface area contributed by atoms with E-state index in [1.165, 1.54) is 10.5 Å². The summed E-state index contributed by atoms with van der Waals surface area (Å²) < 4.78 is 5.87. The largest absolute Gasteiger partial charge is 0.376 e. The van der Waals surface area contributed by atoms with Gasteiger partial charge in [0.05, 0.1) is 5.60 Å². The molecule has 0 radical (unpaired) electrons. The van der Waals surface area contributed by atoms with E-state index in [0.717, 1.165) is 25.9 Å². The molecule has 4 heteroatoms. The third-order valence-electron chi connectivity index (χ3n) is 5.35. The number of hydrogen-bond donors (Lipinski definition) is 0. The van der Waals surface area contributed by atoms with Gasteiger partial charge in [0.1, 0.15) is 0 Å². The predicted octanol–water partition coefficient (Wildman–Crippen LogP) is 3.51. The first-order valence-corrected chi connectivity index (χ1v) is 8.98. The Morgan fingerprint density at radius 3 is 2.46 bits per heavy atom. The van der Waals surface area contributed by atoms with Crippen molar-refractivity contribution in [2.24, 2.45) is 5.92 Å². The molecule has 2 amide bonds. The van der Waals surface area contributed by atoms with Crippen molar-refractivity contribution in [3.8, 4) is 0 Å². The van der Waals surface area contributed by atoms with Crippen LogP contribution in [0, 0.1) is 5.92 Å². The van der Waals surface area contributed by atoms with Crippen molar-refractivity contribution in [2.75, 3.05) is 13.2 Å². The fourth-order valence-electron chi connectivity index (χ4n) is 4.14. The number of benzene rings is 1. The molecule has 0 aliphatic carbocycles. The van der Waals surface area contributed by atoms with E-state index in [1.54, 1.807) is 0 Å². The fraction of sp³-hybridized carbons (Fsp3) is 0.600. The van der Waals surface area contributed by atoms with Crippen molar-refractivity contribution in [3.05, 3.63) is 35.9 Å². The van der Waals surface area contributed by atoms with E-state index in [-0.39, 0.29) is 17.4 Å². The number of ether oxygens (including phenoxy) is 1. The van der Waals surface area contributed by atoms with Crippen molar-refractivity contribution >= 4 is 11.8 Å². The molecular formula is C20H27NO3. The van der Waals surface area contributed by atoms with Crippen molar-refractivity contribution in [1.82, 2.24) is 4.90 Å². The Bertz CT molecular complexity index is 580. The normalized spacial score (nSPS) is 25.1. The predicted molar refractivity (Wildman–Crippen MR) is 92.5 cm³/mol. The number of hydrogen-bond acceptors (Lipinski definition) is 3. The summed E-state index contributed by atoms with van der Waals surface area (Å²) in [6.07, 6.45) is 3.62. The van der Waals surface area contributed by atoms with E-state index in [2.05, 4.69) is 38.1 Å². The lowest BCUT2D eigenvalue weighted by atomic mass is 9.75. The minimum atomic E-state index is -0.102. The van der Waals surface area contributed by atoms with Crippen LogP contribution in [0.3, 0.4) is 0 Å². The first-order chi connectivity index (χ1) is 11.5. The van der Waals surface area contributed by atoms with Gasteiger partial charge in [0.25, 0.3) is 0 Å². The minimum Gasteiger partial charge on any atom is -0.376 e. The molecule has 0 spiro atoms. The number of rotatable bonds is 5. The fourth-order valence-corrected chi connectivity index (χ4v) is 4.14. The summed E-state index contributed by atoms with van der Waals surface area (Å²) in [5, 5.41) is 0. The number of carbonyl (C=O) groups excluding carboxylic acids is 2. The van der Waals surface area contributed by atoms with Crippen LogP contribution in [0.4, 0.5) is 0 Å². The Kier molecular flexibility index (Phi) is 5.04. The summed E-state index contributed by atoms with van der Waals surface area (Å²) in [4.78, 5) is 25.3. The van der Waals surface area contributed by atoms with Gasteiger partial charge < -0.3 is 4.74 Å². The van der Waals surface area contributed by atoms with Gasteiger partial charge in [-0.25, -0.2) is 0 Å². The van der Waals surface area contributed by atoms with Crippen LogP contribution >= 0.6 is 0 Å². The number of likely N-dealkylation sites (tertiary alicyclic amines) is 1. The standard InChI is InChI=1S/C20H27NO3/c1-20(2)14-16(11-13-24-20)17(15-6-4-3-5-7-15)10-12-21-18(22)8-9-19(21)23/h3-7,16-17H,8-14H2,1-2H3. The molecule has 4 nitrogen and oxygen atoms in total. The Morgan fingerprint density at radius 1 is 1.17 bits per heavy atom. The lowest BCUT2D eigenvalue weighted by Gasteiger charge is -2.39. The van der Waals surface area contributed by atoms with Crippen LogP contribution in [0.5, 0.6) is 0 Å². The summed E-state index contributed by atoms with van der Waals surface area (Å²) in [7, 11) is 0. The van der Waals surface area contributed by atoms with Gasteiger partial charge in [-0.3, -0.25) is 14.5 Å². The van der Waals surface area contributed by atoms with Gasteiger partial charge in [0.15, 0.2) is 0 Å². The summed E-state index contributed by atoms with van der Waals surface area (Å²) in [5.74, 6) is 0.845. The third-order valence-corrected chi connectivity index (χ3v) is 5.35. The van der Waals surface area contributed by atoms with Crippen molar-refractivity contribution in [1.29, 1.82) is 0 Å². The van der Waals surface area contributed by atoms with Gasteiger partial charge >= 0.3 is 0 Å². The SMILES string of the molecule is CC1(C)CC(C(CCN2C(=O)CCC2=O)c2ccccc2)CCO1. The molecule has 3 rings (SSSR count). The average Bonchev–Trinajstić information content (AvgIpc) is 2.87. The summed E-state index contributed by atoms with van der Waals surface area (Å²) in [5.41, 5.74) is 1.20. The van der Waals surface area contributed by atoms with Gasteiger partial charge in [-0.1, -0.05) is 30.3 Å². The van der Waals surface area contributed by atoms with Gasteiger partial charge in [0, 0.05) is 26.0 Å². The first kappa shape index (κ1) is 17.2. The molecule has 0 bridgehead atoms. The average molecular weight is 329 g/mol. The molecule has 2 aliphatic heterocycles. The molecule has 2 fully saturated rings. The zero-order chi connectivity index (χ0) is 17.2. The zero-order valence-corrected chi connectivity index (χ0v) is 14.7. The monoisotopic (exact) mass is 329 g/mol. The molecule has 1 aromatic rings. The maximum Gasteiger partial charge on any atom is 0.229 e. The molecule has 24 heavy (non-hydrogen) atoms. The smallest absolute Gasteiger partial charge is 0.229 e. The highest BCUT2D eigenvalue weighted by Gasteiger charge is 2.35. The van der Waals surface area contributed by atoms with E-state index < -0.39 is 0 Å². The Morgan fingerprint density at radius 2 is 1.83 bits per heavy atom. The summed E-state index contributed by atoms with van der Waals surface area (Å²) in [6, 6.07) is 10.5. The van der Waals surface area contributed by atoms with Crippen LogP contribution in [0.2, 0.25) is 0 Å². The van der Waals surface area contributed by atoms with E-state index in [0.29, 0.717) is 31.2 Å². The molecule has 2 atom stereocenters. The number of amides is 2.